The van der Waals surface area contributed by atoms with Gasteiger partial charge in [0.05, 0.1) is 0 Å². The standard InChI is InChI=1S/C14H17NO3/c1-10(2)14(17)18-9-13(16)11-5-7-12(8-6-11)15(3)4/h5-8H,1,9H2,2-4H3. The van der Waals surface area contributed by atoms with Crippen LogP contribution in [0.3, 0.4) is 0 Å². The van der Waals surface area contributed by atoms with Crippen LogP contribution in [0.15, 0.2) is 36.4 Å². The number of rotatable bonds is 5. The van der Waals surface area contributed by atoms with Crippen LogP contribution in [0, 0.1) is 0 Å². The number of hydrogen-bond acceptors (Lipinski definition) is 4. The van der Waals surface area contributed by atoms with Crippen molar-refractivity contribution in [2.24, 2.45) is 0 Å². The molecule has 18 heavy (non-hydrogen) atoms. The van der Waals surface area contributed by atoms with Crippen LogP contribution in [0.25, 0.3) is 0 Å². The van der Waals surface area contributed by atoms with E-state index in [1.165, 1.54) is 0 Å². The first kappa shape index (κ1) is 14.0. The van der Waals surface area contributed by atoms with Crippen LogP contribution in [-0.4, -0.2) is 32.5 Å². The Morgan fingerprint density at radius 2 is 1.78 bits per heavy atom. The Kier molecular flexibility index (Phi) is 4.66. The second kappa shape index (κ2) is 6.00. The van der Waals surface area contributed by atoms with E-state index >= 15 is 0 Å². The highest BCUT2D eigenvalue weighted by Crippen LogP contribution is 2.12. The lowest BCUT2D eigenvalue weighted by molar-refractivity contribution is -0.137. The minimum Gasteiger partial charge on any atom is -0.454 e. The normalized spacial score (nSPS) is 9.72. The lowest BCUT2D eigenvalue weighted by atomic mass is 10.1. The fourth-order valence-corrected chi connectivity index (χ4v) is 1.28. The van der Waals surface area contributed by atoms with E-state index in [0.29, 0.717) is 5.56 Å². The molecule has 0 aliphatic rings. The predicted molar refractivity (Wildman–Crippen MR) is 70.9 cm³/mol. The molecule has 4 heteroatoms. The number of ether oxygens (including phenoxy) is 1. The molecular weight excluding hydrogens is 230 g/mol. The second-order valence-corrected chi connectivity index (χ2v) is 4.22. The third-order valence-corrected chi connectivity index (χ3v) is 2.39. The number of nitrogens with zero attached hydrogens (tertiary/aromatic N) is 1. The first-order chi connectivity index (χ1) is 8.41. The fourth-order valence-electron chi connectivity index (χ4n) is 1.28. The van der Waals surface area contributed by atoms with Gasteiger partial charge in [-0.15, -0.1) is 0 Å². The summed E-state index contributed by atoms with van der Waals surface area (Å²) in [6, 6.07) is 7.11. The highest BCUT2D eigenvalue weighted by Gasteiger charge is 2.10. The SMILES string of the molecule is C=C(C)C(=O)OCC(=O)c1ccc(N(C)C)cc1. The van der Waals surface area contributed by atoms with Crippen LogP contribution in [0.1, 0.15) is 17.3 Å². The molecule has 0 bridgehead atoms. The summed E-state index contributed by atoms with van der Waals surface area (Å²) in [6.07, 6.45) is 0. The van der Waals surface area contributed by atoms with Crippen molar-refractivity contribution >= 4 is 17.4 Å². The van der Waals surface area contributed by atoms with Crippen molar-refractivity contribution in [2.75, 3.05) is 25.6 Å². The summed E-state index contributed by atoms with van der Waals surface area (Å²) in [5.41, 5.74) is 1.81. The molecule has 0 aromatic heterocycles. The predicted octanol–water partition coefficient (Wildman–Crippen LogP) is 2.05. The Labute approximate surface area is 107 Å². The van der Waals surface area contributed by atoms with Gasteiger partial charge in [-0.3, -0.25) is 4.79 Å². The summed E-state index contributed by atoms with van der Waals surface area (Å²) in [6.45, 7) is 4.73. The van der Waals surface area contributed by atoms with E-state index in [1.54, 1.807) is 19.1 Å². The molecule has 0 aliphatic heterocycles. The van der Waals surface area contributed by atoms with E-state index in [4.69, 9.17) is 4.74 Å². The maximum Gasteiger partial charge on any atom is 0.333 e. The zero-order valence-electron chi connectivity index (χ0n) is 10.9. The van der Waals surface area contributed by atoms with Crippen LogP contribution in [-0.2, 0) is 9.53 Å². The summed E-state index contributed by atoms with van der Waals surface area (Å²) in [7, 11) is 3.84. The van der Waals surface area contributed by atoms with Gasteiger partial charge in [0, 0.05) is 30.9 Å². The molecule has 1 aromatic carbocycles. The summed E-state index contributed by atoms with van der Waals surface area (Å²) >= 11 is 0. The van der Waals surface area contributed by atoms with Gasteiger partial charge in [0.25, 0.3) is 0 Å². The van der Waals surface area contributed by atoms with Crippen molar-refractivity contribution in [1.29, 1.82) is 0 Å². The molecule has 1 aromatic rings. The molecule has 1 rings (SSSR count). The van der Waals surface area contributed by atoms with E-state index < -0.39 is 5.97 Å². The number of benzene rings is 1. The molecule has 0 N–H and O–H groups in total. The minimum atomic E-state index is -0.548. The lowest BCUT2D eigenvalue weighted by Crippen LogP contribution is -2.14. The first-order valence-electron chi connectivity index (χ1n) is 5.55. The van der Waals surface area contributed by atoms with Crippen molar-refractivity contribution in [3.63, 3.8) is 0 Å². The molecule has 0 saturated heterocycles. The molecule has 0 atom stereocenters. The van der Waals surface area contributed by atoms with Crippen molar-refractivity contribution in [1.82, 2.24) is 0 Å². The maximum atomic E-state index is 11.7. The monoisotopic (exact) mass is 247 g/mol. The number of anilines is 1. The molecular formula is C14H17NO3. The second-order valence-electron chi connectivity index (χ2n) is 4.22. The smallest absolute Gasteiger partial charge is 0.333 e. The van der Waals surface area contributed by atoms with Crippen LogP contribution in [0.5, 0.6) is 0 Å². The van der Waals surface area contributed by atoms with Gasteiger partial charge in [0.2, 0.25) is 0 Å². The van der Waals surface area contributed by atoms with Crippen molar-refractivity contribution in [3.8, 4) is 0 Å². The molecule has 0 unspecified atom stereocenters. The fraction of sp³-hybridized carbons (Fsp3) is 0.286. The lowest BCUT2D eigenvalue weighted by Gasteiger charge is -2.12. The Bertz CT molecular complexity index is 460. The Morgan fingerprint density at radius 1 is 1.22 bits per heavy atom. The van der Waals surface area contributed by atoms with Gasteiger partial charge in [-0.1, -0.05) is 6.58 Å². The molecule has 4 nitrogen and oxygen atoms in total. The van der Waals surface area contributed by atoms with Gasteiger partial charge in [0.1, 0.15) is 0 Å². The number of Topliss-reactive ketones (excluding diaryl/α,β-unsaturated/α-hetero) is 1. The molecule has 0 spiro atoms. The van der Waals surface area contributed by atoms with Gasteiger partial charge in [-0.25, -0.2) is 4.79 Å². The molecule has 96 valence electrons. The maximum absolute atomic E-state index is 11.7. The number of carbonyl (C=O) groups excluding carboxylic acids is 2. The van der Waals surface area contributed by atoms with Crippen LogP contribution in [0.2, 0.25) is 0 Å². The zero-order valence-corrected chi connectivity index (χ0v) is 10.9. The summed E-state index contributed by atoms with van der Waals surface area (Å²) in [4.78, 5) is 24.8. The average molecular weight is 247 g/mol. The Balaban J connectivity index is 2.62. The van der Waals surface area contributed by atoms with Gasteiger partial charge in [0.15, 0.2) is 12.4 Å². The first-order valence-corrected chi connectivity index (χ1v) is 5.55. The van der Waals surface area contributed by atoms with E-state index in [0.717, 1.165) is 5.69 Å². The number of ketones is 1. The molecule has 0 fully saturated rings. The number of carbonyl (C=O) groups is 2. The molecule has 0 saturated carbocycles. The van der Waals surface area contributed by atoms with Gasteiger partial charge >= 0.3 is 5.97 Å². The van der Waals surface area contributed by atoms with E-state index in [-0.39, 0.29) is 18.0 Å². The topological polar surface area (TPSA) is 46.6 Å². The molecule has 0 radical (unpaired) electrons. The Morgan fingerprint density at radius 3 is 2.22 bits per heavy atom. The summed E-state index contributed by atoms with van der Waals surface area (Å²) in [5, 5.41) is 0. The zero-order chi connectivity index (χ0) is 13.7. The van der Waals surface area contributed by atoms with E-state index in [2.05, 4.69) is 6.58 Å². The molecule has 0 aliphatic carbocycles. The summed E-state index contributed by atoms with van der Waals surface area (Å²) < 4.78 is 4.80. The van der Waals surface area contributed by atoms with Crippen LogP contribution < -0.4 is 4.90 Å². The average Bonchev–Trinajstić information content (AvgIpc) is 2.35. The van der Waals surface area contributed by atoms with Crippen molar-refractivity contribution in [3.05, 3.63) is 42.0 Å². The third kappa shape index (κ3) is 3.73. The quantitative estimate of drug-likeness (QED) is 0.454. The van der Waals surface area contributed by atoms with Crippen LogP contribution in [0.4, 0.5) is 5.69 Å². The number of hydrogen-bond donors (Lipinski definition) is 0. The molecule has 0 heterocycles. The van der Waals surface area contributed by atoms with Gasteiger partial charge in [-0.2, -0.15) is 0 Å². The largest absolute Gasteiger partial charge is 0.454 e. The van der Waals surface area contributed by atoms with E-state index in [9.17, 15) is 9.59 Å². The summed E-state index contributed by atoms with van der Waals surface area (Å²) in [5.74, 6) is -0.775. The highest BCUT2D eigenvalue weighted by atomic mass is 16.5. The van der Waals surface area contributed by atoms with Crippen LogP contribution >= 0.6 is 0 Å². The van der Waals surface area contributed by atoms with E-state index in [1.807, 2.05) is 31.1 Å². The third-order valence-electron chi connectivity index (χ3n) is 2.39. The highest BCUT2D eigenvalue weighted by molar-refractivity contribution is 5.99. The molecule has 0 amide bonds. The van der Waals surface area contributed by atoms with Gasteiger partial charge < -0.3 is 9.64 Å². The van der Waals surface area contributed by atoms with Crippen molar-refractivity contribution < 1.29 is 14.3 Å². The minimum absolute atomic E-state index is 0.227. The van der Waals surface area contributed by atoms with Gasteiger partial charge in [-0.05, 0) is 31.2 Å². The number of esters is 1. The van der Waals surface area contributed by atoms with Crippen molar-refractivity contribution in [2.45, 2.75) is 6.92 Å². The Hall–Kier alpha value is -2.10.